The highest BCUT2D eigenvalue weighted by molar-refractivity contribution is 7.81. The number of nitrogens with one attached hydrogen (secondary N) is 2. The lowest BCUT2D eigenvalue weighted by Gasteiger charge is -2.19. The minimum absolute atomic E-state index is 0.0258. The van der Waals surface area contributed by atoms with E-state index in [2.05, 4.69) is 23.5 Å². The maximum Gasteiger partial charge on any atom is 0.233 e. The summed E-state index contributed by atoms with van der Waals surface area (Å²) in [5.41, 5.74) is 5.24. The molecule has 0 atom stereocenters. The van der Waals surface area contributed by atoms with E-state index in [9.17, 15) is 4.79 Å². The molecule has 3 nitrogen and oxygen atoms in total. The third-order valence-electron chi connectivity index (χ3n) is 0.829. The predicted octanol–water partition coefficient (Wildman–Crippen LogP) is 0.683. The number of carbonyl (C=O) groups excluding carboxylic acids is 1. The summed E-state index contributed by atoms with van der Waals surface area (Å²) in [6.07, 6.45) is 0.483. The van der Waals surface area contributed by atoms with Crippen molar-refractivity contribution in [3.8, 4) is 0 Å². The SMILES string of the molecule is CCC(=O)NNC(C)(C)S. The van der Waals surface area contributed by atoms with Crippen LogP contribution in [-0.4, -0.2) is 10.8 Å². The van der Waals surface area contributed by atoms with E-state index in [0.29, 0.717) is 6.42 Å². The van der Waals surface area contributed by atoms with E-state index in [0.717, 1.165) is 0 Å². The molecule has 0 heterocycles. The molecule has 0 unspecified atom stereocenters. The molecule has 0 fully saturated rings. The first-order chi connectivity index (χ1) is 4.45. The summed E-state index contributed by atoms with van der Waals surface area (Å²) >= 11 is 4.14. The van der Waals surface area contributed by atoms with Crippen LogP contribution in [0.5, 0.6) is 0 Å². The van der Waals surface area contributed by atoms with Gasteiger partial charge in [-0.3, -0.25) is 10.2 Å². The van der Waals surface area contributed by atoms with Crippen molar-refractivity contribution in [3.63, 3.8) is 0 Å². The van der Waals surface area contributed by atoms with Gasteiger partial charge in [-0.15, -0.1) is 0 Å². The molecule has 0 aromatic rings. The van der Waals surface area contributed by atoms with Crippen LogP contribution in [0.25, 0.3) is 0 Å². The highest BCUT2D eigenvalue weighted by Crippen LogP contribution is 2.03. The second-order valence-electron chi connectivity index (χ2n) is 2.59. The minimum atomic E-state index is -0.356. The zero-order valence-electron chi connectivity index (χ0n) is 6.56. The first-order valence-corrected chi connectivity index (χ1v) is 3.69. The Kier molecular flexibility index (Phi) is 3.75. The number of carbonyl (C=O) groups is 1. The van der Waals surface area contributed by atoms with Gasteiger partial charge in [0.15, 0.2) is 0 Å². The normalized spacial score (nSPS) is 11.2. The molecule has 2 N–H and O–H groups in total. The third-order valence-corrected chi connectivity index (χ3v) is 0.941. The first kappa shape index (κ1) is 9.78. The number of hydrazine groups is 1. The third kappa shape index (κ3) is 5.91. The molecular formula is C6H14N2OS. The van der Waals surface area contributed by atoms with Crippen LogP contribution >= 0.6 is 12.6 Å². The molecule has 0 radical (unpaired) electrons. The van der Waals surface area contributed by atoms with Crippen LogP contribution in [-0.2, 0) is 4.79 Å². The maximum atomic E-state index is 10.7. The molecule has 0 rings (SSSR count). The Bertz CT molecular complexity index is 119. The van der Waals surface area contributed by atoms with Crippen LogP contribution in [0.1, 0.15) is 27.2 Å². The van der Waals surface area contributed by atoms with Gasteiger partial charge in [0.05, 0.1) is 4.87 Å². The smallest absolute Gasteiger partial charge is 0.233 e. The van der Waals surface area contributed by atoms with Gasteiger partial charge in [0, 0.05) is 6.42 Å². The van der Waals surface area contributed by atoms with Crippen LogP contribution in [0, 0.1) is 0 Å². The summed E-state index contributed by atoms with van der Waals surface area (Å²) in [7, 11) is 0. The molecule has 10 heavy (non-hydrogen) atoms. The molecule has 0 saturated carbocycles. The summed E-state index contributed by atoms with van der Waals surface area (Å²) < 4.78 is 0. The second kappa shape index (κ2) is 3.83. The summed E-state index contributed by atoms with van der Waals surface area (Å²) in [5, 5.41) is 0. The van der Waals surface area contributed by atoms with E-state index in [1.54, 1.807) is 6.92 Å². The first-order valence-electron chi connectivity index (χ1n) is 3.24. The topological polar surface area (TPSA) is 41.1 Å². The predicted molar refractivity (Wildman–Crippen MR) is 44.6 cm³/mol. The monoisotopic (exact) mass is 162 g/mol. The molecule has 1 amide bonds. The molecule has 0 bridgehead atoms. The maximum absolute atomic E-state index is 10.7. The van der Waals surface area contributed by atoms with E-state index >= 15 is 0 Å². The van der Waals surface area contributed by atoms with Crippen LogP contribution in [0.2, 0.25) is 0 Å². The fourth-order valence-electron chi connectivity index (χ4n) is 0.311. The average Bonchev–Trinajstić information content (AvgIpc) is 1.81. The second-order valence-corrected chi connectivity index (χ2v) is 3.70. The molecule has 0 aliphatic carbocycles. The van der Waals surface area contributed by atoms with Gasteiger partial charge in [0.2, 0.25) is 5.91 Å². The summed E-state index contributed by atoms with van der Waals surface area (Å²) in [4.78, 5) is 10.3. The fraction of sp³-hybridized carbons (Fsp3) is 0.833. The molecule has 0 spiro atoms. The molecule has 60 valence electrons. The lowest BCUT2D eigenvalue weighted by atomic mass is 10.4. The van der Waals surface area contributed by atoms with Crippen molar-refractivity contribution in [1.29, 1.82) is 0 Å². The molecule has 0 aliphatic rings. The van der Waals surface area contributed by atoms with Gasteiger partial charge in [-0.05, 0) is 13.8 Å². The van der Waals surface area contributed by atoms with Crippen LogP contribution in [0.3, 0.4) is 0 Å². The molecule has 0 aromatic heterocycles. The number of hydrogen-bond acceptors (Lipinski definition) is 3. The molecule has 0 aliphatic heterocycles. The standard InChI is InChI=1S/C6H14N2OS/c1-4-5(9)7-8-6(2,3)10/h8,10H,4H2,1-3H3,(H,7,9). The van der Waals surface area contributed by atoms with Crippen LogP contribution < -0.4 is 10.9 Å². The Labute approximate surface area is 67.0 Å². The van der Waals surface area contributed by atoms with E-state index in [4.69, 9.17) is 0 Å². The Morgan fingerprint density at radius 1 is 1.60 bits per heavy atom. The Morgan fingerprint density at radius 2 is 2.10 bits per heavy atom. The van der Waals surface area contributed by atoms with E-state index in [1.807, 2.05) is 13.8 Å². The van der Waals surface area contributed by atoms with Crippen molar-refractivity contribution >= 4 is 18.5 Å². The molecule has 4 heteroatoms. The average molecular weight is 162 g/mol. The minimum Gasteiger partial charge on any atom is -0.290 e. The van der Waals surface area contributed by atoms with Crippen LogP contribution in [0.4, 0.5) is 0 Å². The molecule has 0 saturated heterocycles. The number of rotatable bonds is 3. The lowest BCUT2D eigenvalue weighted by molar-refractivity contribution is -0.122. The van der Waals surface area contributed by atoms with Gasteiger partial charge in [-0.25, -0.2) is 5.43 Å². The Hall–Kier alpha value is -0.220. The zero-order valence-corrected chi connectivity index (χ0v) is 7.46. The molecular weight excluding hydrogens is 148 g/mol. The van der Waals surface area contributed by atoms with Gasteiger partial charge in [0.1, 0.15) is 0 Å². The highest BCUT2D eigenvalue weighted by atomic mass is 32.1. The quantitative estimate of drug-likeness (QED) is 0.324. The Morgan fingerprint density at radius 3 is 2.40 bits per heavy atom. The fourth-order valence-corrected chi connectivity index (χ4v) is 0.367. The van der Waals surface area contributed by atoms with E-state index < -0.39 is 0 Å². The van der Waals surface area contributed by atoms with Crippen LogP contribution in [0.15, 0.2) is 0 Å². The van der Waals surface area contributed by atoms with E-state index in [-0.39, 0.29) is 10.8 Å². The van der Waals surface area contributed by atoms with Crippen molar-refractivity contribution in [1.82, 2.24) is 10.9 Å². The number of hydrogen-bond donors (Lipinski definition) is 3. The van der Waals surface area contributed by atoms with Crippen molar-refractivity contribution < 1.29 is 4.79 Å². The summed E-state index contributed by atoms with van der Waals surface area (Å²) in [5.74, 6) is -0.0258. The largest absolute Gasteiger partial charge is 0.290 e. The van der Waals surface area contributed by atoms with Crippen molar-refractivity contribution in [2.75, 3.05) is 0 Å². The highest BCUT2D eigenvalue weighted by Gasteiger charge is 2.09. The van der Waals surface area contributed by atoms with Gasteiger partial charge >= 0.3 is 0 Å². The van der Waals surface area contributed by atoms with Crippen molar-refractivity contribution in [2.24, 2.45) is 0 Å². The Balaban J connectivity index is 3.46. The number of thiol groups is 1. The van der Waals surface area contributed by atoms with Gasteiger partial charge in [0.25, 0.3) is 0 Å². The van der Waals surface area contributed by atoms with Gasteiger partial charge in [-0.1, -0.05) is 6.92 Å². The van der Waals surface area contributed by atoms with E-state index in [1.165, 1.54) is 0 Å². The van der Waals surface area contributed by atoms with Crippen molar-refractivity contribution in [3.05, 3.63) is 0 Å². The molecule has 0 aromatic carbocycles. The van der Waals surface area contributed by atoms with Crippen molar-refractivity contribution in [2.45, 2.75) is 32.1 Å². The summed E-state index contributed by atoms with van der Waals surface area (Å²) in [6.45, 7) is 5.50. The summed E-state index contributed by atoms with van der Waals surface area (Å²) in [6, 6.07) is 0. The lowest BCUT2D eigenvalue weighted by Crippen LogP contribution is -2.47. The number of amides is 1. The zero-order chi connectivity index (χ0) is 8.20. The van der Waals surface area contributed by atoms with Gasteiger partial charge < -0.3 is 0 Å². The van der Waals surface area contributed by atoms with Gasteiger partial charge in [-0.2, -0.15) is 12.6 Å².